The van der Waals surface area contributed by atoms with E-state index < -0.39 is 0 Å². The summed E-state index contributed by atoms with van der Waals surface area (Å²) in [5.74, 6) is 2.06. The second kappa shape index (κ2) is 14.4. The fourth-order valence-corrected chi connectivity index (χ4v) is 10.6. The number of anilines is 3. The molecule has 4 aliphatic rings. The van der Waals surface area contributed by atoms with Crippen molar-refractivity contribution in [1.82, 2.24) is 0 Å². The van der Waals surface area contributed by atoms with Crippen molar-refractivity contribution in [2.24, 2.45) is 0 Å². The minimum atomic E-state index is -0.0436. The van der Waals surface area contributed by atoms with Crippen molar-refractivity contribution in [3.8, 4) is 22.3 Å². The molecule has 1 heteroatoms. The molecule has 0 aliphatic heterocycles. The standard InChI is InChI=1S/C51H57N/c1-51(2)49-24-13-12-23-47(49)48-30-29-45(35-50(48)51)52(44-27-25-39(26-28-44)41-22-14-21-40(31-41)36-15-6-3-7-16-36)46-33-42(37-17-8-4-9-18-37)32-43(34-46)38-19-10-5-11-20-38/h12-14,21-38H,3-11,15-20H2,1-2H3. The maximum absolute atomic E-state index is 2.64. The highest BCUT2D eigenvalue weighted by atomic mass is 15.1. The van der Waals surface area contributed by atoms with Crippen LogP contribution in [0.5, 0.6) is 0 Å². The SMILES string of the molecule is CC1(C)c2ccccc2-c2ccc(N(c3ccc(-c4cccc(C5CCCCC5)c4)cc3)c3cc(C4CCCCC4)cc(C4CCCCC4)c3)cc21. The van der Waals surface area contributed by atoms with Crippen LogP contribution in [0.4, 0.5) is 17.1 Å². The van der Waals surface area contributed by atoms with Crippen molar-refractivity contribution in [1.29, 1.82) is 0 Å². The Balaban J connectivity index is 1.16. The number of benzene rings is 5. The lowest BCUT2D eigenvalue weighted by molar-refractivity contribution is 0.435. The summed E-state index contributed by atoms with van der Waals surface area (Å²) in [6, 6.07) is 43.1. The van der Waals surface area contributed by atoms with Crippen LogP contribution < -0.4 is 4.90 Å². The molecule has 3 saturated carbocycles. The summed E-state index contributed by atoms with van der Waals surface area (Å²) in [7, 11) is 0. The van der Waals surface area contributed by atoms with Gasteiger partial charge < -0.3 is 4.90 Å². The number of rotatable bonds is 7. The van der Waals surface area contributed by atoms with Crippen LogP contribution in [0.15, 0.2) is 109 Å². The molecule has 0 amide bonds. The second-order valence-electron chi connectivity index (χ2n) is 17.3. The molecule has 3 fully saturated rings. The van der Waals surface area contributed by atoms with Crippen LogP contribution in [-0.2, 0) is 5.41 Å². The number of hydrogen-bond donors (Lipinski definition) is 0. The highest BCUT2D eigenvalue weighted by molar-refractivity contribution is 5.86. The molecule has 0 aromatic heterocycles. The molecule has 266 valence electrons. The minimum Gasteiger partial charge on any atom is -0.310 e. The molecule has 0 unspecified atom stereocenters. The van der Waals surface area contributed by atoms with Gasteiger partial charge in [0.05, 0.1) is 0 Å². The van der Waals surface area contributed by atoms with Gasteiger partial charge in [-0.25, -0.2) is 0 Å². The summed E-state index contributed by atoms with van der Waals surface area (Å²) in [4.78, 5) is 2.60. The molecule has 0 spiro atoms. The van der Waals surface area contributed by atoms with E-state index in [9.17, 15) is 0 Å². The lowest BCUT2D eigenvalue weighted by Gasteiger charge is -2.32. The van der Waals surface area contributed by atoms with Gasteiger partial charge in [0.25, 0.3) is 0 Å². The summed E-state index contributed by atoms with van der Waals surface area (Å²) in [5.41, 5.74) is 16.8. The molecule has 0 N–H and O–H groups in total. The van der Waals surface area contributed by atoms with Crippen molar-refractivity contribution >= 4 is 17.1 Å². The molecule has 4 aliphatic carbocycles. The van der Waals surface area contributed by atoms with Crippen LogP contribution >= 0.6 is 0 Å². The number of nitrogens with zero attached hydrogens (tertiary/aromatic N) is 1. The van der Waals surface area contributed by atoms with Crippen molar-refractivity contribution in [3.05, 3.63) is 137 Å². The Morgan fingerprint density at radius 3 is 1.60 bits per heavy atom. The van der Waals surface area contributed by atoms with Crippen LogP contribution in [0.1, 0.15) is 156 Å². The van der Waals surface area contributed by atoms with E-state index in [2.05, 4.69) is 128 Å². The minimum absolute atomic E-state index is 0.0436. The molecule has 0 heterocycles. The maximum Gasteiger partial charge on any atom is 0.0467 e. The summed E-state index contributed by atoms with van der Waals surface area (Å²) in [6.45, 7) is 4.82. The van der Waals surface area contributed by atoms with E-state index in [0.717, 1.165) is 0 Å². The zero-order chi connectivity index (χ0) is 35.1. The van der Waals surface area contributed by atoms with Gasteiger partial charge in [0, 0.05) is 22.5 Å². The quantitative estimate of drug-likeness (QED) is 0.165. The highest BCUT2D eigenvalue weighted by Gasteiger charge is 2.36. The lowest BCUT2D eigenvalue weighted by Crippen LogP contribution is -2.17. The molecule has 1 nitrogen and oxygen atoms in total. The molecule has 52 heavy (non-hydrogen) atoms. The summed E-state index contributed by atoms with van der Waals surface area (Å²) in [6.07, 6.45) is 20.3. The first-order valence-corrected chi connectivity index (χ1v) is 20.9. The van der Waals surface area contributed by atoms with Gasteiger partial charge in [-0.15, -0.1) is 0 Å². The average molecular weight is 684 g/mol. The molecule has 0 atom stereocenters. The Labute approximate surface area is 313 Å². The van der Waals surface area contributed by atoms with Gasteiger partial charge >= 0.3 is 0 Å². The third kappa shape index (κ3) is 6.44. The lowest BCUT2D eigenvalue weighted by atomic mass is 9.79. The Bertz CT molecular complexity index is 1980. The highest BCUT2D eigenvalue weighted by Crippen LogP contribution is 2.51. The van der Waals surface area contributed by atoms with Gasteiger partial charge in [0.1, 0.15) is 0 Å². The van der Waals surface area contributed by atoms with Gasteiger partial charge in [-0.3, -0.25) is 0 Å². The fraction of sp³-hybridized carbons (Fsp3) is 0.412. The molecular formula is C51H57N. The Morgan fingerprint density at radius 2 is 0.962 bits per heavy atom. The second-order valence-corrected chi connectivity index (χ2v) is 17.3. The molecule has 5 aromatic rings. The smallest absolute Gasteiger partial charge is 0.0467 e. The van der Waals surface area contributed by atoms with E-state index in [4.69, 9.17) is 0 Å². The first-order chi connectivity index (χ1) is 25.5. The van der Waals surface area contributed by atoms with Gasteiger partial charge in [-0.1, -0.05) is 144 Å². The van der Waals surface area contributed by atoms with E-state index in [0.29, 0.717) is 17.8 Å². The fourth-order valence-electron chi connectivity index (χ4n) is 10.6. The summed E-state index contributed by atoms with van der Waals surface area (Å²) in [5, 5.41) is 0. The van der Waals surface area contributed by atoms with Crippen LogP contribution in [0.25, 0.3) is 22.3 Å². The zero-order valence-electron chi connectivity index (χ0n) is 31.7. The van der Waals surface area contributed by atoms with Gasteiger partial charge in [-0.2, -0.15) is 0 Å². The normalized spacial score (nSPS) is 19.3. The first-order valence-electron chi connectivity index (χ1n) is 20.9. The van der Waals surface area contributed by atoms with Crippen molar-refractivity contribution in [3.63, 3.8) is 0 Å². The number of fused-ring (bicyclic) bond motifs is 3. The topological polar surface area (TPSA) is 3.24 Å². The van der Waals surface area contributed by atoms with Crippen molar-refractivity contribution in [2.45, 2.75) is 133 Å². The van der Waals surface area contributed by atoms with Gasteiger partial charge in [0.15, 0.2) is 0 Å². The van der Waals surface area contributed by atoms with Crippen LogP contribution in [-0.4, -0.2) is 0 Å². The Kier molecular flexibility index (Phi) is 9.32. The zero-order valence-corrected chi connectivity index (χ0v) is 31.7. The molecule has 0 saturated heterocycles. The van der Waals surface area contributed by atoms with E-state index in [-0.39, 0.29) is 5.41 Å². The molecular weight excluding hydrogens is 627 g/mol. The van der Waals surface area contributed by atoms with Crippen molar-refractivity contribution < 1.29 is 0 Å². The van der Waals surface area contributed by atoms with E-state index >= 15 is 0 Å². The van der Waals surface area contributed by atoms with E-state index in [1.54, 1.807) is 11.1 Å². The van der Waals surface area contributed by atoms with Gasteiger partial charge in [-0.05, 0) is 143 Å². The van der Waals surface area contributed by atoms with Crippen LogP contribution in [0, 0.1) is 0 Å². The predicted octanol–water partition coefficient (Wildman–Crippen LogP) is 15.3. The Morgan fingerprint density at radius 1 is 0.404 bits per heavy atom. The maximum atomic E-state index is 2.64. The molecule has 5 aromatic carbocycles. The number of hydrogen-bond acceptors (Lipinski definition) is 1. The van der Waals surface area contributed by atoms with Crippen LogP contribution in [0.2, 0.25) is 0 Å². The van der Waals surface area contributed by atoms with Gasteiger partial charge in [0.2, 0.25) is 0 Å². The molecule has 0 bridgehead atoms. The monoisotopic (exact) mass is 683 g/mol. The third-order valence-corrected chi connectivity index (χ3v) is 13.6. The van der Waals surface area contributed by atoms with E-state index in [1.807, 2.05) is 0 Å². The average Bonchev–Trinajstić information content (AvgIpc) is 3.44. The van der Waals surface area contributed by atoms with E-state index in [1.165, 1.54) is 152 Å². The molecule has 9 rings (SSSR count). The van der Waals surface area contributed by atoms with Crippen molar-refractivity contribution in [2.75, 3.05) is 4.90 Å². The first kappa shape index (κ1) is 33.7. The summed E-state index contributed by atoms with van der Waals surface area (Å²) >= 11 is 0. The Hall–Kier alpha value is -4.10. The van der Waals surface area contributed by atoms with Crippen LogP contribution in [0.3, 0.4) is 0 Å². The predicted molar refractivity (Wildman–Crippen MR) is 222 cm³/mol. The third-order valence-electron chi connectivity index (χ3n) is 13.6. The molecule has 0 radical (unpaired) electrons. The largest absolute Gasteiger partial charge is 0.310 e. The summed E-state index contributed by atoms with van der Waals surface area (Å²) < 4.78 is 0.